The summed E-state index contributed by atoms with van der Waals surface area (Å²) in [5, 5.41) is 3.70. The fraction of sp³-hybridized carbons (Fsp3) is 0.316. The molecule has 2 aromatic carbocycles. The van der Waals surface area contributed by atoms with E-state index in [9.17, 15) is 4.79 Å². The fourth-order valence-corrected chi connectivity index (χ4v) is 3.32. The maximum Gasteiger partial charge on any atom is 0.142 e. The van der Waals surface area contributed by atoms with Crippen molar-refractivity contribution in [2.24, 2.45) is 11.8 Å². The molecular formula is C19H21NO. The highest BCUT2D eigenvalue weighted by Gasteiger charge is 2.39. The Labute approximate surface area is 126 Å². The SMILES string of the molecule is C[C@H]1C(=O)[C@H](C)[C@H](c2ccccc2)N[C@@H]1c1ccccc1. The van der Waals surface area contributed by atoms with Crippen LogP contribution in [0.1, 0.15) is 37.1 Å². The van der Waals surface area contributed by atoms with Crippen LogP contribution in [0.15, 0.2) is 60.7 Å². The maximum absolute atomic E-state index is 12.7. The molecule has 1 aliphatic heterocycles. The number of carbonyl (C=O) groups excluding carboxylic acids is 1. The van der Waals surface area contributed by atoms with E-state index < -0.39 is 0 Å². The molecule has 21 heavy (non-hydrogen) atoms. The molecule has 1 N–H and O–H groups in total. The number of carbonyl (C=O) groups is 1. The normalized spacial score (nSPS) is 29.3. The summed E-state index contributed by atoms with van der Waals surface area (Å²) >= 11 is 0. The Bertz CT molecular complexity index is 554. The lowest BCUT2D eigenvalue weighted by molar-refractivity contribution is -0.130. The first-order valence-electron chi connectivity index (χ1n) is 7.58. The van der Waals surface area contributed by atoms with Gasteiger partial charge in [0.2, 0.25) is 0 Å². The van der Waals surface area contributed by atoms with Gasteiger partial charge in [-0.05, 0) is 11.1 Å². The minimum Gasteiger partial charge on any atom is -0.302 e. The van der Waals surface area contributed by atoms with Crippen LogP contribution in [0.25, 0.3) is 0 Å². The molecule has 3 rings (SSSR count). The van der Waals surface area contributed by atoms with Gasteiger partial charge < -0.3 is 5.32 Å². The molecule has 0 aromatic heterocycles. The third-order valence-electron chi connectivity index (χ3n) is 4.57. The number of hydrogen-bond donors (Lipinski definition) is 1. The highest BCUT2D eigenvalue weighted by molar-refractivity contribution is 5.85. The molecule has 1 saturated heterocycles. The Hall–Kier alpha value is -1.93. The van der Waals surface area contributed by atoms with Gasteiger partial charge in [0.25, 0.3) is 0 Å². The van der Waals surface area contributed by atoms with Gasteiger partial charge in [0.05, 0.1) is 0 Å². The number of nitrogens with one attached hydrogen (secondary N) is 1. The lowest BCUT2D eigenvalue weighted by atomic mass is 9.76. The van der Waals surface area contributed by atoms with Crippen LogP contribution in [-0.2, 0) is 4.79 Å². The molecule has 4 atom stereocenters. The highest BCUT2D eigenvalue weighted by atomic mass is 16.1. The Morgan fingerprint density at radius 3 is 1.48 bits per heavy atom. The van der Waals surface area contributed by atoms with Crippen molar-refractivity contribution in [1.29, 1.82) is 0 Å². The van der Waals surface area contributed by atoms with Gasteiger partial charge in [-0.15, -0.1) is 0 Å². The first-order chi connectivity index (χ1) is 10.2. The van der Waals surface area contributed by atoms with Crippen molar-refractivity contribution in [3.63, 3.8) is 0 Å². The van der Waals surface area contributed by atoms with Gasteiger partial charge in [-0.2, -0.15) is 0 Å². The van der Waals surface area contributed by atoms with E-state index in [-0.39, 0.29) is 23.9 Å². The first kappa shape index (κ1) is 14.0. The molecule has 2 nitrogen and oxygen atoms in total. The number of hydrogen-bond acceptors (Lipinski definition) is 2. The molecule has 1 aliphatic rings. The van der Waals surface area contributed by atoms with E-state index in [0.29, 0.717) is 5.78 Å². The zero-order valence-electron chi connectivity index (χ0n) is 12.5. The number of ketones is 1. The lowest BCUT2D eigenvalue weighted by Crippen LogP contribution is -2.46. The standard InChI is InChI=1S/C19H21NO/c1-13-17(15-9-5-3-6-10-15)20-18(14(2)19(13)21)16-11-7-4-8-12-16/h3-14,17-18,20H,1-2H3/t13-,14-,17-,18+/m1/s1. The van der Waals surface area contributed by atoms with Crippen LogP contribution < -0.4 is 5.32 Å². The molecule has 0 radical (unpaired) electrons. The topological polar surface area (TPSA) is 29.1 Å². The second-order valence-electron chi connectivity index (χ2n) is 5.92. The lowest BCUT2D eigenvalue weighted by Gasteiger charge is -2.39. The average molecular weight is 279 g/mol. The molecule has 1 fully saturated rings. The third kappa shape index (κ3) is 2.64. The molecule has 1 heterocycles. The molecule has 2 aromatic rings. The summed E-state index contributed by atoms with van der Waals surface area (Å²) in [6.45, 7) is 4.06. The van der Waals surface area contributed by atoms with E-state index in [1.807, 2.05) is 50.2 Å². The first-order valence-corrected chi connectivity index (χ1v) is 7.58. The van der Waals surface area contributed by atoms with Gasteiger partial charge in [0, 0.05) is 23.9 Å². The zero-order chi connectivity index (χ0) is 14.8. The van der Waals surface area contributed by atoms with Crippen molar-refractivity contribution >= 4 is 5.78 Å². The van der Waals surface area contributed by atoms with Crippen molar-refractivity contribution in [3.8, 4) is 0 Å². The van der Waals surface area contributed by atoms with Crippen molar-refractivity contribution in [2.75, 3.05) is 0 Å². The van der Waals surface area contributed by atoms with Gasteiger partial charge in [-0.3, -0.25) is 4.79 Å². The number of Topliss-reactive ketones (excluding diaryl/α,β-unsaturated/α-hetero) is 1. The van der Waals surface area contributed by atoms with Crippen molar-refractivity contribution in [3.05, 3.63) is 71.8 Å². The van der Waals surface area contributed by atoms with Crippen LogP contribution >= 0.6 is 0 Å². The third-order valence-corrected chi connectivity index (χ3v) is 4.57. The van der Waals surface area contributed by atoms with E-state index >= 15 is 0 Å². The summed E-state index contributed by atoms with van der Waals surface area (Å²) < 4.78 is 0. The van der Waals surface area contributed by atoms with Gasteiger partial charge in [-0.1, -0.05) is 74.5 Å². The summed E-state index contributed by atoms with van der Waals surface area (Å²) in [5.41, 5.74) is 2.37. The Balaban J connectivity index is 1.95. The second kappa shape index (κ2) is 5.82. The molecule has 108 valence electrons. The van der Waals surface area contributed by atoms with E-state index in [4.69, 9.17) is 0 Å². The molecule has 0 unspecified atom stereocenters. The van der Waals surface area contributed by atoms with Crippen LogP contribution in [0, 0.1) is 11.8 Å². The van der Waals surface area contributed by atoms with Crippen LogP contribution in [0.2, 0.25) is 0 Å². The fourth-order valence-electron chi connectivity index (χ4n) is 3.32. The van der Waals surface area contributed by atoms with Crippen molar-refractivity contribution in [1.82, 2.24) is 5.32 Å². The van der Waals surface area contributed by atoms with Gasteiger partial charge in [-0.25, -0.2) is 0 Å². The Morgan fingerprint density at radius 2 is 1.10 bits per heavy atom. The number of rotatable bonds is 2. The quantitative estimate of drug-likeness (QED) is 0.903. The maximum atomic E-state index is 12.7. The van der Waals surface area contributed by atoms with Crippen molar-refractivity contribution < 1.29 is 4.79 Å². The Kier molecular flexibility index (Phi) is 3.89. The van der Waals surface area contributed by atoms with E-state index in [1.165, 1.54) is 11.1 Å². The minimum absolute atomic E-state index is 0.00219. The molecule has 0 aliphatic carbocycles. The molecular weight excluding hydrogens is 258 g/mol. The van der Waals surface area contributed by atoms with Crippen LogP contribution in [-0.4, -0.2) is 5.78 Å². The minimum atomic E-state index is 0.00219. The predicted octanol–water partition coefficient (Wildman–Crippen LogP) is 3.91. The smallest absolute Gasteiger partial charge is 0.142 e. The van der Waals surface area contributed by atoms with Gasteiger partial charge in [0.1, 0.15) is 5.78 Å². The zero-order valence-corrected chi connectivity index (χ0v) is 12.5. The predicted molar refractivity (Wildman–Crippen MR) is 84.8 cm³/mol. The van der Waals surface area contributed by atoms with Crippen LogP contribution in [0.3, 0.4) is 0 Å². The molecule has 0 saturated carbocycles. The van der Waals surface area contributed by atoms with Crippen LogP contribution in [0.4, 0.5) is 0 Å². The summed E-state index contributed by atoms with van der Waals surface area (Å²) in [7, 11) is 0. The van der Waals surface area contributed by atoms with E-state index in [0.717, 1.165) is 0 Å². The Morgan fingerprint density at radius 1 is 0.714 bits per heavy atom. The highest BCUT2D eigenvalue weighted by Crippen LogP contribution is 2.37. The van der Waals surface area contributed by atoms with Gasteiger partial charge >= 0.3 is 0 Å². The second-order valence-corrected chi connectivity index (χ2v) is 5.92. The molecule has 0 amide bonds. The van der Waals surface area contributed by atoms with Crippen LogP contribution in [0.5, 0.6) is 0 Å². The van der Waals surface area contributed by atoms with Crippen molar-refractivity contribution in [2.45, 2.75) is 25.9 Å². The van der Waals surface area contributed by atoms with Gasteiger partial charge in [0.15, 0.2) is 0 Å². The largest absolute Gasteiger partial charge is 0.302 e. The van der Waals surface area contributed by atoms with E-state index in [2.05, 4.69) is 29.6 Å². The molecule has 2 heteroatoms. The monoisotopic (exact) mass is 279 g/mol. The number of benzene rings is 2. The summed E-state index contributed by atoms with van der Waals surface area (Å²) in [5.74, 6) is 0.348. The molecule has 0 bridgehead atoms. The summed E-state index contributed by atoms with van der Waals surface area (Å²) in [6, 6.07) is 20.7. The number of piperidine rings is 1. The average Bonchev–Trinajstić information content (AvgIpc) is 2.55. The van der Waals surface area contributed by atoms with E-state index in [1.54, 1.807) is 0 Å². The molecule has 0 spiro atoms. The summed E-state index contributed by atoms with van der Waals surface area (Å²) in [6.07, 6.45) is 0. The summed E-state index contributed by atoms with van der Waals surface area (Å²) in [4.78, 5) is 12.7.